The predicted molar refractivity (Wildman–Crippen MR) is 121 cm³/mol. The van der Waals surface area contributed by atoms with Crippen LogP contribution in [0.2, 0.25) is 0 Å². The Morgan fingerprint density at radius 3 is 2.28 bits per heavy atom. The van der Waals surface area contributed by atoms with E-state index in [0.29, 0.717) is 30.4 Å². The maximum Gasteiger partial charge on any atom is 0.266 e. The number of carbonyl (C=O) groups is 1. The minimum Gasteiger partial charge on any atom is -0.494 e. The van der Waals surface area contributed by atoms with Gasteiger partial charge in [0.2, 0.25) is 0 Å². The second kappa shape index (κ2) is 11.5. The van der Waals surface area contributed by atoms with E-state index in [-0.39, 0.29) is 31.2 Å². The van der Waals surface area contributed by atoms with E-state index in [1.165, 1.54) is 10.7 Å². The lowest BCUT2D eigenvalue weighted by atomic mass is 10.1. The summed E-state index contributed by atoms with van der Waals surface area (Å²) < 4.78 is 17.8. The highest BCUT2D eigenvalue weighted by Gasteiger charge is 2.08. The van der Waals surface area contributed by atoms with Crippen LogP contribution in [0, 0.1) is 0 Å². The number of carbonyl (C=O) groups excluding carboxylic acids is 1. The molecule has 168 valence electrons. The van der Waals surface area contributed by atoms with Crippen molar-refractivity contribution in [2.24, 2.45) is 0 Å². The fourth-order valence-electron chi connectivity index (χ4n) is 2.99. The lowest BCUT2D eigenvalue weighted by molar-refractivity contribution is -0.123. The van der Waals surface area contributed by atoms with Crippen LogP contribution in [-0.2, 0) is 11.3 Å². The van der Waals surface area contributed by atoms with Gasteiger partial charge >= 0.3 is 0 Å². The number of nitrogens with zero attached hydrogens (tertiary/aromatic N) is 2. The number of hydrogen-bond acceptors (Lipinski definition) is 6. The van der Waals surface area contributed by atoms with Crippen molar-refractivity contribution in [3.05, 3.63) is 71.0 Å². The molecule has 1 amide bonds. The summed E-state index contributed by atoms with van der Waals surface area (Å²) in [5.74, 6) is 1.57. The van der Waals surface area contributed by atoms with E-state index < -0.39 is 0 Å². The van der Waals surface area contributed by atoms with E-state index in [4.69, 9.17) is 14.2 Å². The molecule has 0 aliphatic heterocycles. The van der Waals surface area contributed by atoms with Crippen LogP contribution < -0.4 is 25.1 Å². The molecular formula is C24H27N3O5. The van der Waals surface area contributed by atoms with Gasteiger partial charge in [-0.2, -0.15) is 5.10 Å². The molecule has 0 atom stereocenters. The summed E-state index contributed by atoms with van der Waals surface area (Å²) in [6.45, 7) is 5.24. The van der Waals surface area contributed by atoms with Gasteiger partial charge in [-0.25, -0.2) is 4.68 Å². The maximum absolute atomic E-state index is 12.2. The summed E-state index contributed by atoms with van der Waals surface area (Å²) in [5, 5.41) is 7.14. The van der Waals surface area contributed by atoms with E-state index >= 15 is 0 Å². The molecule has 0 fully saturated rings. The largest absolute Gasteiger partial charge is 0.494 e. The molecule has 8 nitrogen and oxygen atoms in total. The van der Waals surface area contributed by atoms with E-state index in [2.05, 4.69) is 10.4 Å². The van der Waals surface area contributed by atoms with Crippen molar-refractivity contribution in [3.8, 4) is 28.5 Å². The second-order valence-electron chi connectivity index (χ2n) is 6.76. The molecule has 0 saturated heterocycles. The van der Waals surface area contributed by atoms with Crippen molar-refractivity contribution in [2.75, 3.05) is 26.4 Å². The lowest BCUT2D eigenvalue weighted by Crippen LogP contribution is -2.34. The van der Waals surface area contributed by atoms with E-state index in [1.54, 1.807) is 18.2 Å². The van der Waals surface area contributed by atoms with Gasteiger partial charge in [-0.3, -0.25) is 9.59 Å². The van der Waals surface area contributed by atoms with Crippen molar-refractivity contribution in [1.29, 1.82) is 0 Å². The fourth-order valence-corrected chi connectivity index (χ4v) is 2.99. The predicted octanol–water partition coefficient (Wildman–Crippen LogP) is 2.90. The number of ether oxygens (including phenoxy) is 3. The quantitative estimate of drug-likeness (QED) is 0.496. The molecule has 1 heterocycles. The number of hydrogen-bond donors (Lipinski definition) is 1. The normalized spacial score (nSPS) is 10.4. The van der Waals surface area contributed by atoms with Crippen molar-refractivity contribution in [3.63, 3.8) is 0 Å². The number of para-hydroxylation sites is 2. The number of amides is 1. The summed E-state index contributed by atoms with van der Waals surface area (Å²) in [4.78, 5) is 24.3. The smallest absolute Gasteiger partial charge is 0.266 e. The summed E-state index contributed by atoms with van der Waals surface area (Å²) in [6.07, 6.45) is 0. The van der Waals surface area contributed by atoms with Crippen LogP contribution in [0.25, 0.3) is 11.3 Å². The molecule has 0 aliphatic rings. The first kappa shape index (κ1) is 22.9. The minimum absolute atomic E-state index is 0.154. The Morgan fingerprint density at radius 1 is 0.906 bits per heavy atom. The average Bonchev–Trinajstić information content (AvgIpc) is 2.81. The first-order valence-corrected chi connectivity index (χ1v) is 10.5. The van der Waals surface area contributed by atoms with Gasteiger partial charge in [0.15, 0.2) is 18.1 Å². The van der Waals surface area contributed by atoms with Crippen molar-refractivity contribution in [1.82, 2.24) is 15.1 Å². The van der Waals surface area contributed by atoms with E-state index in [0.717, 1.165) is 11.3 Å². The van der Waals surface area contributed by atoms with Gasteiger partial charge in [0.05, 0.1) is 25.5 Å². The van der Waals surface area contributed by atoms with Crippen molar-refractivity contribution in [2.45, 2.75) is 20.4 Å². The first-order valence-electron chi connectivity index (χ1n) is 10.5. The average molecular weight is 437 g/mol. The molecular weight excluding hydrogens is 410 g/mol. The molecule has 1 aromatic heterocycles. The number of rotatable bonds is 11. The maximum atomic E-state index is 12.2. The van der Waals surface area contributed by atoms with Crippen LogP contribution >= 0.6 is 0 Å². The Hall–Kier alpha value is -3.81. The van der Waals surface area contributed by atoms with Crippen molar-refractivity contribution < 1.29 is 19.0 Å². The molecule has 8 heteroatoms. The minimum atomic E-state index is -0.299. The van der Waals surface area contributed by atoms with Crippen LogP contribution in [0.4, 0.5) is 0 Å². The Bertz CT molecular complexity index is 1080. The highest BCUT2D eigenvalue weighted by Crippen LogP contribution is 2.26. The van der Waals surface area contributed by atoms with Crippen LogP contribution in [0.15, 0.2) is 65.5 Å². The van der Waals surface area contributed by atoms with Gasteiger partial charge in [-0.1, -0.05) is 12.1 Å². The van der Waals surface area contributed by atoms with Gasteiger partial charge < -0.3 is 19.5 Å². The number of aromatic nitrogens is 2. The first-order chi connectivity index (χ1) is 15.6. The zero-order chi connectivity index (χ0) is 22.8. The Labute approximate surface area is 186 Å². The van der Waals surface area contributed by atoms with E-state index in [1.807, 2.05) is 50.2 Å². The third-order valence-electron chi connectivity index (χ3n) is 4.48. The molecule has 0 unspecified atom stereocenters. The molecule has 0 saturated carbocycles. The highest BCUT2D eigenvalue weighted by molar-refractivity contribution is 5.77. The number of benzene rings is 2. The molecule has 0 radical (unpaired) electrons. The topological polar surface area (TPSA) is 91.7 Å². The van der Waals surface area contributed by atoms with Crippen molar-refractivity contribution >= 4 is 5.91 Å². The SMILES string of the molecule is CCOc1ccc(-c2ccc(=O)n(CCNC(=O)COc3ccccc3OCC)n2)cc1. The molecule has 1 N–H and O–H groups in total. The monoisotopic (exact) mass is 437 g/mol. The van der Waals surface area contributed by atoms with Crippen LogP contribution in [-0.4, -0.2) is 42.1 Å². The van der Waals surface area contributed by atoms with Crippen LogP contribution in [0.3, 0.4) is 0 Å². The van der Waals surface area contributed by atoms with Gasteiger partial charge in [0.1, 0.15) is 5.75 Å². The number of nitrogens with one attached hydrogen (secondary N) is 1. The summed E-state index contributed by atoms with van der Waals surface area (Å²) in [7, 11) is 0. The zero-order valence-electron chi connectivity index (χ0n) is 18.2. The third-order valence-corrected chi connectivity index (χ3v) is 4.48. The lowest BCUT2D eigenvalue weighted by Gasteiger charge is -2.12. The van der Waals surface area contributed by atoms with Gasteiger partial charge in [-0.05, 0) is 56.3 Å². The molecule has 0 aliphatic carbocycles. The molecule has 32 heavy (non-hydrogen) atoms. The Balaban J connectivity index is 1.54. The molecule has 3 rings (SSSR count). The Morgan fingerprint density at radius 2 is 1.59 bits per heavy atom. The third kappa shape index (κ3) is 6.34. The summed E-state index contributed by atoms with van der Waals surface area (Å²) in [6, 6.07) is 17.8. The summed E-state index contributed by atoms with van der Waals surface area (Å²) in [5.41, 5.74) is 1.29. The van der Waals surface area contributed by atoms with Gasteiger partial charge in [0, 0.05) is 18.2 Å². The Kier molecular flexibility index (Phi) is 8.25. The standard InChI is InChI=1S/C24H27N3O5/c1-3-30-19-11-9-18(10-12-19)20-13-14-24(29)27(26-20)16-15-25-23(28)17-32-22-8-6-5-7-21(22)31-4-2/h5-14H,3-4,15-17H2,1-2H3,(H,25,28). The van der Waals surface area contributed by atoms with Gasteiger partial charge in [0.25, 0.3) is 11.5 Å². The molecule has 2 aromatic carbocycles. The van der Waals surface area contributed by atoms with Crippen LogP contribution in [0.5, 0.6) is 17.2 Å². The molecule has 0 bridgehead atoms. The second-order valence-corrected chi connectivity index (χ2v) is 6.76. The molecule has 3 aromatic rings. The fraction of sp³-hybridized carbons (Fsp3) is 0.292. The highest BCUT2D eigenvalue weighted by atomic mass is 16.5. The zero-order valence-corrected chi connectivity index (χ0v) is 18.2. The van der Waals surface area contributed by atoms with Crippen LogP contribution in [0.1, 0.15) is 13.8 Å². The van der Waals surface area contributed by atoms with Gasteiger partial charge in [-0.15, -0.1) is 0 Å². The molecule has 0 spiro atoms. The van der Waals surface area contributed by atoms with E-state index in [9.17, 15) is 9.59 Å². The summed E-state index contributed by atoms with van der Waals surface area (Å²) >= 11 is 0.